The van der Waals surface area contributed by atoms with Gasteiger partial charge in [-0.3, -0.25) is 5.10 Å². The molecule has 2 nitrogen and oxygen atoms in total. The molecule has 14 heavy (non-hydrogen) atoms. The smallest absolute Gasteiger partial charge is 0.110 e. The molecule has 0 atom stereocenters. The van der Waals surface area contributed by atoms with Gasteiger partial charge in [0.15, 0.2) is 0 Å². The van der Waals surface area contributed by atoms with Gasteiger partial charge in [0.2, 0.25) is 0 Å². The summed E-state index contributed by atoms with van der Waals surface area (Å²) in [7, 11) is 0. The van der Waals surface area contributed by atoms with Gasteiger partial charge in [-0.25, -0.2) is 0 Å². The van der Waals surface area contributed by atoms with Crippen molar-refractivity contribution in [2.75, 3.05) is 0 Å². The van der Waals surface area contributed by atoms with Crippen LogP contribution in [0.5, 0.6) is 0 Å². The zero-order chi connectivity index (χ0) is 10.5. The Labute approximate surface area is 122 Å². The molecule has 0 amide bonds. The first-order valence-electron chi connectivity index (χ1n) is 3.39. The summed E-state index contributed by atoms with van der Waals surface area (Å²) in [6, 6.07) is 0. The minimum atomic E-state index is 0.855. The largest absolute Gasteiger partial charge is 0.270 e. The van der Waals surface area contributed by atoms with Crippen molar-refractivity contribution in [2.45, 2.75) is 0 Å². The summed E-state index contributed by atoms with van der Waals surface area (Å²) in [6.07, 6.45) is 0. The molecule has 0 aliphatic rings. The number of hydrogen-bond donors (Lipinski definition) is 1. The molecule has 1 heterocycles. The Morgan fingerprint density at radius 2 is 1.36 bits per heavy atom. The highest BCUT2D eigenvalue weighted by Crippen LogP contribution is 2.44. The number of nitrogens with zero attached hydrogens (tertiary/aromatic N) is 1. The van der Waals surface area contributed by atoms with E-state index in [0.717, 1.165) is 33.4 Å². The van der Waals surface area contributed by atoms with Crippen molar-refractivity contribution in [3.63, 3.8) is 0 Å². The zero-order valence-corrected chi connectivity index (χ0v) is 14.3. The van der Waals surface area contributed by atoms with Gasteiger partial charge in [0.1, 0.15) is 10.1 Å². The van der Waals surface area contributed by atoms with E-state index in [0.29, 0.717) is 0 Å². The van der Waals surface area contributed by atoms with Crippen LogP contribution in [0.2, 0.25) is 0 Å². The van der Waals surface area contributed by atoms with Crippen LogP contribution in [-0.4, -0.2) is 10.2 Å². The number of aromatic nitrogens is 2. The van der Waals surface area contributed by atoms with E-state index >= 15 is 0 Å². The molecule has 0 fully saturated rings. The van der Waals surface area contributed by atoms with Gasteiger partial charge >= 0.3 is 0 Å². The third-order valence-electron chi connectivity index (χ3n) is 1.73. The van der Waals surface area contributed by atoms with Crippen molar-refractivity contribution in [1.82, 2.24) is 10.2 Å². The Morgan fingerprint density at radius 3 is 2.00 bits per heavy atom. The van der Waals surface area contributed by atoms with Crippen molar-refractivity contribution < 1.29 is 0 Å². The van der Waals surface area contributed by atoms with E-state index in [1.807, 2.05) is 0 Å². The van der Waals surface area contributed by atoms with Crippen LogP contribution in [0, 0.1) is 0 Å². The molecule has 0 unspecified atom stereocenters. The number of halogens is 5. The number of aromatic amines is 1. The molecular formula is C7HBr5N2. The van der Waals surface area contributed by atoms with E-state index < -0.39 is 0 Å². The maximum absolute atomic E-state index is 4.18. The van der Waals surface area contributed by atoms with Gasteiger partial charge < -0.3 is 0 Å². The van der Waals surface area contributed by atoms with E-state index in [9.17, 15) is 0 Å². The van der Waals surface area contributed by atoms with Crippen LogP contribution in [0.3, 0.4) is 0 Å². The molecule has 0 saturated heterocycles. The molecule has 0 saturated carbocycles. The molecule has 74 valence electrons. The molecule has 0 aliphatic heterocycles. The summed E-state index contributed by atoms with van der Waals surface area (Å²) in [4.78, 5) is 0. The normalized spacial score (nSPS) is 11.2. The van der Waals surface area contributed by atoms with E-state index in [-0.39, 0.29) is 0 Å². The van der Waals surface area contributed by atoms with Gasteiger partial charge in [-0.1, -0.05) is 0 Å². The zero-order valence-electron chi connectivity index (χ0n) is 6.34. The number of nitrogens with one attached hydrogen (secondary N) is 1. The fraction of sp³-hybridized carbons (Fsp3) is 0. The average Bonchev–Trinajstić information content (AvgIpc) is 2.54. The molecule has 0 bridgehead atoms. The van der Waals surface area contributed by atoms with Crippen molar-refractivity contribution in [3.05, 3.63) is 22.5 Å². The van der Waals surface area contributed by atoms with E-state index in [1.165, 1.54) is 0 Å². The Hall–Kier alpha value is 1.09. The van der Waals surface area contributed by atoms with Crippen LogP contribution in [0.4, 0.5) is 0 Å². The van der Waals surface area contributed by atoms with Gasteiger partial charge in [0.05, 0.1) is 9.86 Å². The van der Waals surface area contributed by atoms with E-state index in [1.54, 1.807) is 0 Å². The minimum Gasteiger partial charge on any atom is -0.270 e. The van der Waals surface area contributed by atoms with Gasteiger partial charge in [-0.05, 0) is 79.6 Å². The number of fused-ring (bicyclic) bond motifs is 1. The lowest BCUT2D eigenvalue weighted by molar-refractivity contribution is 1.09. The van der Waals surface area contributed by atoms with Gasteiger partial charge in [0, 0.05) is 13.4 Å². The molecule has 1 N–H and O–H groups in total. The molecule has 0 aliphatic carbocycles. The highest BCUT2D eigenvalue weighted by molar-refractivity contribution is 9.15. The Kier molecular flexibility index (Phi) is 3.44. The predicted molar refractivity (Wildman–Crippen MR) is 74.6 cm³/mol. The first kappa shape index (κ1) is 11.6. The maximum Gasteiger partial charge on any atom is 0.110 e. The highest BCUT2D eigenvalue weighted by Gasteiger charge is 2.17. The van der Waals surface area contributed by atoms with Crippen LogP contribution in [0.15, 0.2) is 22.5 Å². The Bertz CT molecular complexity index is 519. The Balaban J connectivity index is 3.05. The third kappa shape index (κ3) is 1.65. The second-order valence-electron chi connectivity index (χ2n) is 2.52. The summed E-state index contributed by atoms with van der Waals surface area (Å²) in [6.45, 7) is 0. The van der Waals surface area contributed by atoms with Crippen LogP contribution < -0.4 is 0 Å². The van der Waals surface area contributed by atoms with Gasteiger partial charge in [0.25, 0.3) is 0 Å². The van der Waals surface area contributed by atoms with Crippen molar-refractivity contribution in [1.29, 1.82) is 0 Å². The number of benzene rings is 1. The van der Waals surface area contributed by atoms with Crippen LogP contribution in [0.1, 0.15) is 0 Å². The molecule has 0 spiro atoms. The monoisotopic (exact) mass is 508 g/mol. The lowest BCUT2D eigenvalue weighted by Gasteiger charge is -2.04. The number of rotatable bonds is 0. The molecule has 1 aromatic heterocycles. The van der Waals surface area contributed by atoms with E-state index in [4.69, 9.17) is 0 Å². The summed E-state index contributed by atoms with van der Waals surface area (Å²) in [5, 5.41) is 8.07. The lowest BCUT2D eigenvalue weighted by Crippen LogP contribution is -1.80. The topological polar surface area (TPSA) is 28.7 Å². The lowest BCUT2D eigenvalue weighted by atomic mass is 10.3. The summed E-state index contributed by atoms with van der Waals surface area (Å²) < 4.78 is 4.64. The van der Waals surface area contributed by atoms with Crippen LogP contribution >= 0.6 is 79.6 Å². The maximum atomic E-state index is 4.18. The van der Waals surface area contributed by atoms with E-state index in [2.05, 4.69) is 89.8 Å². The second kappa shape index (κ2) is 4.16. The average molecular weight is 513 g/mol. The Morgan fingerprint density at radius 1 is 0.786 bits per heavy atom. The molecule has 0 radical (unpaired) electrons. The van der Waals surface area contributed by atoms with Crippen molar-refractivity contribution in [3.8, 4) is 0 Å². The summed E-state index contributed by atoms with van der Waals surface area (Å²) in [5.74, 6) is 0. The summed E-state index contributed by atoms with van der Waals surface area (Å²) >= 11 is 17.3. The van der Waals surface area contributed by atoms with Crippen molar-refractivity contribution >= 4 is 90.6 Å². The van der Waals surface area contributed by atoms with Crippen LogP contribution in [-0.2, 0) is 0 Å². The fourth-order valence-electron chi connectivity index (χ4n) is 1.09. The van der Waals surface area contributed by atoms with Crippen molar-refractivity contribution in [2.24, 2.45) is 0 Å². The van der Waals surface area contributed by atoms with Crippen LogP contribution in [0.25, 0.3) is 10.9 Å². The molecule has 2 aromatic rings. The molecule has 1 aromatic carbocycles. The first-order chi connectivity index (χ1) is 6.54. The molecule has 2 rings (SSSR count). The molecule has 7 heteroatoms. The SMILES string of the molecule is Brc1c(Br)c(Br)c2c(Br)[nH]nc2c1Br. The quantitative estimate of drug-likeness (QED) is 0.373. The minimum absolute atomic E-state index is 0.855. The predicted octanol–water partition coefficient (Wildman–Crippen LogP) is 5.38. The second-order valence-corrected chi connectivity index (χ2v) is 6.48. The summed E-state index contributed by atoms with van der Waals surface area (Å²) in [5.41, 5.74) is 0.874. The van der Waals surface area contributed by atoms with Gasteiger partial charge in [-0.2, -0.15) is 5.10 Å². The standard InChI is InChI=1S/C7HBr5N2/c8-2-1-6(13-14-7(1)12)5(11)4(10)3(2)9/h(H,13,14). The highest BCUT2D eigenvalue weighted by atomic mass is 79.9. The fourth-order valence-corrected chi connectivity index (χ4v) is 4.21. The first-order valence-corrected chi connectivity index (χ1v) is 7.36. The third-order valence-corrected chi connectivity index (χ3v) is 7.05. The van der Waals surface area contributed by atoms with Gasteiger partial charge in [-0.15, -0.1) is 0 Å². The molecular weight excluding hydrogens is 512 g/mol. The number of hydrogen-bond acceptors (Lipinski definition) is 1. The number of H-pyrrole nitrogens is 1.